The van der Waals surface area contributed by atoms with Gasteiger partial charge in [0.2, 0.25) is 5.75 Å². The van der Waals surface area contributed by atoms with Crippen LogP contribution >= 0.6 is 0 Å². The van der Waals surface area contributed by atoms with E-state index in [0.717, 1.165) is 0 Å². The Kier molecular flexibility index (Phi) is 6.97. The van der Waals surface area contributed by atoms with E-state index in [1.807, 2.05) is 0 Å². The van der Waals surface area contributed by atoms with E-state index in [1.54, 1.807) is 30.3 Å². The fraction of sp³-hybridized carbons (Fsp3) is 0.391. The average molecular weight is 446 g/mol. The van der Waals surface area contributed by atoms with Gasteiger partial charge in [0.15, 0.2) is 41.3 Å². The van der Waals surface area contributed by atoms with Crippen molar-refractivity contribution in [3.63, 3.8) is 0 Å². The van der Waals surface area contributed by atoms with Crippen LogP contribution in [0.4, 0.5) is 0 Å². The van der Waals surface area contributed by atoms with Gasteiger partial charge in [0.1, 0.15) is 0 Å². The van der Waals surface area contributed by atoms with Crippen molar-refractivity contribution in [1.82, 2.24) is 0 Å². The van der Waals surface area contributed by atoms with Crippen molar-refractivity contribution in [3.8, 4) is 28.7 Å². The van der Waals surface area contributed by atoms with Crippen molar-refractivity contribution in [3.05, 3.63) is 41.5 Å². The number of methoxy groups -OCH3 is 4. The van der Waals surface area contributed by atoms with Crippen LogP contribution in [0.2, 0.25) is 0 Å². The smallest absolute Gasteiger partial charge is 0.303 e. The quantitative estimate of drug-likeness (QED) is 0.593. The van der Waals surface area contributed by atoms with Gasteiger partial charge in [-0.05, 0) is 24.3 Å². The summed E-state index contributed by atoms with van der Waals surface area (Å²) in [6, 6.07) is 8.53. The zero-order valence-corrected chi connectivity index (χ0v) is 18.8. The Hall–Kier alpha value is -3.62. The molecule has 0 bridgehead atoms. The van der Waals surface area contributed by atoms with Gasteiger partial charge in [-0.25, -0.2) is 0 Å². The molecule has 1 heterocycles. The van der Waals surface area contributed by atoms with E-state index in [-0.39, 0.29) is 0 Å². The third-order valence-corrected chi connectivity index (χ3v) is 5.01. The molecule has 0 amide bonds. The lowest BCUT2D eigenvalue weighted by Crippen LogP contribution is -2.39. The molecule has 2 aromatic carbocycles. The second-order valence-electron chi connectivity index (χ2n) is 6.98. The molecule has 0 saturated heterocycles. The lowest BCUT2D eigenvalue weighted by molar-refractivity contribution is -0.178. The first-order valence-electron chi connectivity index (χ1n) is 9.82. The maximum Gasteiger partial charge on any atom is 0.303 e. The molecule has 0 spiro atoms. The van der Waals surface area contributed by atoms with E-state index in [4.69, 9.17) is 33.2 Å². The van der Waals surface area contributed by atoms with Gasteiger partial charge in [0.25, 0.3) is 0 Å². The van der Waals surface area contributed by atoms with Crippen LogP contribution in [-0.2, 0) is 19.1 Å². The number of fused-ring (bicyclic) bond motifs is 1. The van der Waals surface area contributed by atoms with Crippen LogP contribution in [-0.4, -0.2) is 46.5 Å². The highest BCUT2D eigenvalue weighted by atomic mass is 16.6. The minimum atomic E-state index is -0.972. The molecular weight excluding hydrogens is 420 g/mol. The third kappa shape index (κ3) is 4.37. The van der Waals surface area contributed by atoms with Crippen LogP contribution < -0.4 is 23.7 Å². The molecule has 3 rings (SSSR count). The van der Waals surface area contributed by atoms with Crippen molar-refractivity contribution in [1.29, 1.82) is 0 Å². The topological polar surface area (TPSA) is 98.8 Å². The molecule has 0 aromatic heterocycles. The molecule has 2 aromatic rings. The predicted molar refractivity (Wildman–Crippen MR) is 113 cm³/mol. The van der Waals surface area contributed by atoms with E-state index in [2.05, 4.69) is 0 Å². The Morgan fingerprint density at radius 1 is 0.781 bits per heavy atom. The van der Waals surface area contributed by atoms with Crippen LogP contribution in [0.5, 0.6) is 28.7 Å². The molecule has 0 N–H and O–H groups in total. The minimum absolute atomic E-state index is 0.321. The molecule has 0 saturated carbocycles. The normalized spacial score (nSPS) is 19.1. The number of benzene rings is 2. The summed E-state index contributed by atoms with van der Waals surface area (Å²) < 4.78 is 39.2. The van der Waals surface area contributed by atoms with E-state index >= 15 is 0 Å². The zero-order chi connectivity index (χ0) is 23.4. The van der Waals surface area contributed by atoms with Gasteiger partial charge in [0, 0.05) is 25.0 Å². The summed E-state index contributed by atoms with van der Waals surface area (Å²) >= 11 is 0. The summed E-state index contributed by atoms with van der Waals surface area (Å²) in [5.74, 6) is 0.973. The highest BCUT2D eigenvalue weighted by Gasteiger charge is 2.45. The summed E-state index contributed by atoms with van der Waals surface area (Å²) in [5, 5.41) is 0. The summed E-state index contributed by atoms with van der Waals surface area (Å²) in [6.07, 6.45) is -2.77. The molecule has 0 aliphatic carbocycles. The summed E-state index contributed by atoms with van der Waals surface area (Å²) in [6.45, 7) is 2.56. The highest BCUT2D eigenvalue weighted by molar-refractivity contribution is 5.69. The van der Waals surface area contributed by atoms with Crippen molar-refractivity contribution in [2.75, 3.05) is 28.4 Å². The fourth-order valence-corrected chi connectivity index (χ4v) is 3.70. The first-order valence-corrected chi connectivity index (χ1v) is 9.82. The molecule has 9 nitrogen and oxygen atoms in total. The standard InChI is InChI=1S/C23H26O9/c1-12(24)30-21-15-8-10-17(27-4)22(29-6)20(15)32-19(23(21)31-13(2)25)14-7-9-16(26-3)18(11-14)28-5/h7-11,19,21,23H,1-6H3/t19-,21+,23-/m1/s1. The van der Waals surface area contributed by atoms with Crippen molar-refractivity contribution in [2.24, 2.45) is 0 Å². The Bertz CT molecular complexity index is 1000. The molecule has 3 atom stereocenters. The van der Waals surface area contributed by atoms with Crippen molar-refractivity contribution < 1.29 is 42.7 Å². The average Bonchev–Trinajstić information content (AvgIpc) is 2.78. The highest BCUT2D eigenvalue weighted by Crippen LogP contribution is 2.52. The van der Waals surface area contributed by atoms with Gasteiger partial charge in [-0.2, -0.15) is 0 Å². The fourth-order valence-electron chi connectivity index (χ4n) is 3.70. The van der Waals surface area contributed by atoms with Gasteiger partial charge in [-0.3, -0.25) is 9.59 Å². The van der Waals surface area contributed by atoms with E-state index in [0.29, 0.717) is 39.9 Å². The Labute approximate surface area is 186 Å². The third-order valence-electron chi connectivity index (χ3n) is 5.01. The molecule has 172 valence electrons. The van der Waals surface area contributed by atoms with E-state index < -0.39 is 30.3 Å². The second kappa shape index (κ2) is 9.67. The number of carbonyl (C=O) groups is 2. The van der Waals surface area contributed by atoms with Crippen LogP contribution in [0.1, 0.15) is 37.2 Å². The molecule has 0 fully saturated rings. The lowest BCUT2D eigenvalue weighted by atomic mass is 9.91. The van der Waals surface area contributed by atoms with Gasteiger partial charge in [-0.15, -0.1) is 0 Å². The maximum atomic E-state index is 12.0. The first kappa shape index (κ1) is 23.1. The van der Waals surface area contributed by atoms with E-state index in [9.17, 15) is 9.59 Å². The Balaban J connectivity index is 2.22. The van der Waals surface area contributed by atoms with Gasteiger partial charge in [-0.1, -0.05) is 6.07 Å². The Morgan fingerprint density at radius 3 is 1.97 bits per heavy atom. The van der Waals surface area contributed by atoms with Crippen molar-refractivity contribution >= 4 is 11.9 Å². The number of carbonyl (C=O) groups excluding carboxylic acids is 2. The number of hydrogen-bond donors (Lipinski definition) is 0. The molecule has 1 aliphatic rings. The maximum absolute atomic E-state index is 12.0. The number of hydrogen-bond acceptors (Lipinski definition) is 9. The number of rotatable bonds is 7. The van der Waals surface area contributed by atoms with Crippen LogP contribution in [0.15, 0.2) is 30.3 Å². The molecular formula is C23H26O9. The summed E-state index contributed by atoms with van der Waals surface area (Å²) in [7, 11) is 6.02. The predicted octanol–water partition coefficient (Wildman–Crippen LogP) is 3.39. The summed E-state index contributed by atoms with van der Waals surface area (Å²) in [5.41, 5.74) is 1.10. The monoisotopic (exact) mass is 446 g/mol. The van der Waals surface area contributed by atoms with Crippen LogP contribution in [0.3, 0.4) is 0 Å². The zero-order valence-electron chi connectivity index (χ0n) is 18.8. The van der Waals surface area contributed by atoms with Crippen molar-refractivity contribution in [2.45, 2.75) is 32.2 Å². The van der Waals surface area contributed by atoms with Gasteiger partial charge < -0.3 is 33.2 Å². The van der Waals surface area contributed by atoms with Gasteiger partial charge in [0.05, 0.1) is 28.4 Å². The molecule has 0 radical (unpaired) electrons. The second-order valence-corrected chi connectivity index (χ2v) is 6.98. The number of ether oxygens (including phenoxy) is 7. The molecule has 1 aliphatic heterocycles. The number of esters is 2. The van der Waals surface area contributed by atoms with Gasteiger partial charge >= 0.3 is 11.9 Å². The molecule has 32 heavy (non-hydrogen) atoms. The lowest BCUT2D eigenvalue weighted by Gasteiger charge is -2.39. The largest absolute Gasteiger partial charge is 0.493 e. The van der Waals surface area contributed by atoms with E-state index in [1.165, 1.54) is 42.3 Å². The molecule has 0 unspecified atom stereocenters. The SMILES string of the molecule is COc1ccc([C@H]2Oc3c(ccc(OC)c3OC)[C@H](OC(C)=O)[C@@H]2OC(C)=O)cc1OC. The first-order chi connectivity index (χ1) is 15.3. The summed E-state index contributed by atoms with van der Waals surface area (Å²) in [4.78, 5) is 23.9. The Morgan fingerprint density at radius 2 is 1.41 bits per heavy atom. The van der Waals surface area contributed by atoms with Crippen LogP contribution in [0, 0.1) is 0 Å². The molecule has 9 heteroatoms. The minimum Gasteiger partial charge on any atom is -0.493 e. The van der Waals surface area contributed by atoms with Crippen LogP contribution in [0.25, 0.3) is 0 Å².